The van der Waals surface area contributed by atoms with Crippen LogP contribution in [0.2, 0.25) is 0 Å². The van der Waals surface area contributed by atoms with Gasteiger partial charge in [0.2, 0.25) is 0 Å². The number of thiophene rings is 1. The zero-order chi connectivity index (χ0) is 22.5. The number of nitrogens with one attached hydrogen (secondary N) is 4. The number of fused-ring (bicyclic) bond motifs is 2. The lowest BCUT2D eigenvalue weighted by Crippen LogP contribution is -2.45. The number of carbonyl (C=O) groups is 3. The molecule has 3 amide bonds. The topological polar surface area (TPSA) is 112 Å². The van der Waals surface area contributed by atoms with Crippen LogP contribution in [0.5, 0.6) is 5.75 Å². The molecule has 10 heteroatoms. The Morgan fingerprint density at radius 2 is 1.94 bits per heavy atom. The van der Waals surface area contributed by atoms with E-state index in [-0.39, 0.29) is 29.6 Å². The molecule has 1 aromatic carbocycles. The normalized spacial score (nSPS) is 14.7. The summed E-state index contributed by atoms with van der Waals surface area (Å²) < 4.78 is 6.70. The van der Waals surface area contributed by atoms with Gasteiger partial charge in [-0.3, -0.25) is 14.4 Å². The molecule has 0 unspecified atom stereocenters. The molecule has 3 heterocycles. The van der Waals surface area contributed by atoms with Gasteiger partial charge < -0.3 is 25.7 Å². The van der Waals surface area contributed by atoms with Crippen LogP contribution in [0, 0.1) is 0 Å². The Morgan fingerprint density at radius 3 is 2.58 bits per heavy atom. The Labute approximate surface area is 190 Å². The molecule has 0 aliphatic carbocycles. The van der Waals surface area contributed by atoms with Gasteiger partial charge in [-0.25, -0.2) is 0 Å². The summed E-state index contributed by atoms with van der Waals surface area (Å²) in [7, 11) is 0. The quantitative estimate of drug-likeness (QED) is 0.419. The lowest BCUT2D eigenvalue weighted by molar-refractivity contribution is -0.129. The number of aromatic amines is 1. The second-order valence-corrected chi connectivity index (χ2v) is 10.5. The maximum Gasteiger partial charge on any atom is 0.268 e. The molecule has 162 valence electrons. The molecule has 0 saturated carbocycles. The highest BCUT2D eigenvalue weighted by Crippen LogP contribution is 2.39. The fraction of sp³-hybridized carbons (Fsp3) is 0.286. The largest absolute Gasteiger partial charge is 0.476 e. The van der Waals surface area contributed by atoms with Crippen LogP contribution in [-0.4, -0.2) is 34.3 Å². The number of aromatic nitrogens is 1. The summed E-state index contributed by atoms with van der Waals surface area (Å²) in [5.41, 5.74) is 0.336. The average molecular weight is 505 g/mol. The Kier molecular flexibility index (Phi) is 5.30. The van der Waals surface area contributed by atoms with Gasteiger partial charge in [-0.2, -0.15) is 0 Å². The van der Waals surface area contributed by atoms with Crippen LogP contribution >= 0.6 is 27.3 Å². The first-order valence-corrected chi connectivity index (χ1v) is 11.2. The summed E-state index contributed by atoms with van der Waals surface area (Å²) in [6.07, 6.45) is 0. The molecule has 3 aromatic rings. The number of halogens is 1. The van der Waals surface area contributed by atoms with Gasteiger partial charge in [0.05, 0.1) is 25.4 Å². The molecule has 2 aromatic heterocycles. The summed E-state index contributed by atoms with van der Waals surface area (Å²) in [6.45, 7) is 7.06. The number of benzene rings is 1. The molecule has 0 atom stereocenters. The van der Waals surface area contributed by atoms with Crippen LogP contribution < -0.4 is 20.7 Å². The zero-order valence-electron chi connectivity index (χ0n) is 17.3. The number of H-pyrrole nitrogens is 1. The highest BCUT2D eigenvalue weighted by Gasteiger charge is 2.36. The monoisotopic (exact) mass is 504 g/mol. The third-order valence-corrected chi connectivity index (χ3v) is 6.36. The molecular weight excluding hydrogens is 484 g/mol. The molecule has 0 saturated heterocycles. The van der Waals surface area contributed by atoms with E-state index in [0.717, 1.165) is 3.79 Å². The van der Waals surface area contributed by atoms with Gasteiger partial charge in [0.15, 0.2) is 5.60 Å². The number of hydrogen-bond donors (Lipinski definition) is 4. The Hall–Kier alpha value is -2.85. The van der Waals surface area contributed by atoms with E-state index in [0.29, 0.717) is 32.8 Å². The van der Waals surface area contributed by atoms with E-state index in [4.69, 9.17) is 4.74 Å². The van der Waals surface area contributed by atoms with E-state index < -0.39 is 5.60 Å². The molecule has 0 spiro atoms. The van der Waals surface area contributed by atoms with Crippen LogP contribution in [0.15, 0.2) is 28.1 Å². The first-order chi connectivity index (χ1) is 14.5. The van der Waals surface area contributed by atoms with Crippen molar-refractivity contribution in [2.75, 3.05) is 10.6 Å². The second-order valence-electron chi connectivity index (χ2n) is 8.02. The lowest BCUT2D eigenvalue weighted by atomic mass is 10.0. The minimum atomic E-state index is -1.04. The predicted molar refractivity (Wildman–Crippen MR) is 124 cm³/mol. The molecule has 0 radical (unpaired) electrons. The maximum atomic E-state index is 13.0. The van der Waals surface area contributed by atoms with E-state index in [1.807, 2.05) is 13.8 Å². The molecule has 4 rings (SSSR count). The summed E-state index contributed by atoms with van der Waals surface area (Å²) in [5.74, 6) is -0.204. The van der Waals surface area contributed by atoms with Crippen LogP contribution in [-0.2, 0) is 4.79 Å². The molecule has 4 N–H and O–H groups in total. The number of amides is 3. The highest BCUT2D eigenvalue weighted by atomic mass is 79.9. The van der Waals surface area contributed by atoms with Crippen LogP contribution in [0.4, 0.5) is 11.5 Å². The number of carbonyl (C=O) groups excluding carboxylic acids is 3. The van der Waals surface area contributed by atoms with Crippen LogP contribution in [0.1, 0.15) is 47.7 Å². The molecule has 0 bridgehead atoms. The number of ether oxygens (including phenoxy) is 1. The smallest absolute Gasteiger partial charge is 0.268 e. The Bertz CT molecular complexity index is 1230. The standard InChI is InChI=1S/C21H21BrN4O4S/c1-9(2)23-19(28)16-10-7-13-12(25-20(29)21(3,4)30-13)8-11(10)24-17(16)26-18(27)14-5-6-15(22)31-14/h5-9,24H,1-4H3,(H,23,28)(H,25,29)(H,26,27). The van der Waals surface area contributed by atoms with Crippen molar-refractivity contribution in [3.8, 4) is 5.75 Å². The number of rotatable bonds is 4. The molecule has 1 aliphatic rings. The van der Waals surface area contributed by atoms with Gasteiger partial charge in [0, 0.05) is 11.4 Å². The van der Waals surface area contributed by atoms with Crippen molar-refractivity contribution in [2.24, 2.45) is 0 Å². The molecule has 0 fully saturated rings. The summed E-state index contributed by atoms with van der Waals surface area (Å²) >= 11 is 4.64. The van der Waals surface area contributed by atoms with E-state index in [1.165, 1.54) is 11.3 Å². The van der Waals surface area contributed by atoms with E-state index in [9.17, 15) is 14.4 Å². The third-order valence-electron chi connectivity index (χ3n) is 4.74. The third kappa shape index (κ3) is 4.05. The van der Waals surface area contributed by atoms with Crippen molar-refractivity contribution in [2.45, 2.75) is 39.3 Å². The lowest BCUT2D eigenvalue weighted by Gasteiger charge is -2.31. The first kappa shape index (κ1) is 21.4. The zero-order valence-corrected chi connectivity index (χ0v) is 19.7. The number of anilines is 2. The predicted octanol–water partition coefficient (Wildman–Crippen LogP) is 4.49. The van der Waals surface area contributed by atoms with Gasteiger partial charge in [0.1, 0.15) is 11.6 Å². The van der Waals surface area contributed by atoms with Crippen molar-refractivity contribution in [3.05, 3.63) is 38.5 Å². The summed E-state index contributed by atoms with van der Waals surface area (Å²) in [5, 5.41) is 9.08. The fourth-order valence-corrected chi connectivity index (χ4v) is 4.55. The Balaban J connectivity index is 1.82. The van der Waals surface area contributed by atoms with E-state index in [2.05, 4.69) is 36.9 Å². The van der Waals surface area contributed by atoms with Crippen LogP contribution in [0.3, 0.4) is 0 Å². The number of hydrogen-bond acceptors (Lipinski definition) is 5. The van der Waals surface area contributed by atoms with Crippen molar-refractivity contribution < 1.29 is 19.1 Å². The van der Waals surface area contributed by atoms with E-state index >= 15 is 0 Å². The summed E-state index contributed by atoms with van der Waals surface area (Å²) in [4.78, 5) is 41.6. The molecule has 8 nitrogen and oxygen atoms in total. The van der Waals surface area contributed by atoms with Crippen molar-refractivity contribution in [1.82, 2.24) is 10.3 Å². The van der Waals surface area contributed by atoms with Gasteiger partial charge in [-0.1, -0.05) is 0 Å². The Morgan fingerprint density at radius 1 is 1.19 bits per heavy atom. The van der Waals surface area contributed by atoms with Gasteiger partial charge in [-0.05, 0) is 67.9 Å². The van der Waals surface area contributed by atoms with Gasteiger partial charge in [-0.15, -0.1) is 11.3 Å². The minimum absolute atomic E-state index is 0.0960. The maximum absolute atomic E-state index is 13.0. The van der Waals surface area contributed by atoms with Crippen molar-refractivity contribution in [1.29, 1.82) is 0 Å². The highest BCUT2D eigenvalue weighted by molar-refractivity contribution is 9.11. The van der Waals surface area contributed by atoms with Gasteiger partial charge in [0.25, 0.3) is 17.7 Å². The van der Waals surface area contributed by atoms with Crippen molar-refractivity contribution >= 4 is 67.4 Å². The molecular formula is C21H21BrN4O4S. The van der Waals surface area contributed by atoms with Gasteiger partial charge >= 0.3 is 0 Å². The first-order valence-electron chi connectivity index (χ1n) is 9.63. The second kappa shape index (κ2) is 7.69. The SMILES string of the molecule is CC(C)NC(=O)c1c(NC(=O)c2ccc(Br)s2)[nH]c2cc3c(cc12)OC(C)(C)C(=O)N3. The summed E-state index contributed by atoms with van der Waals surface area (Å²) in [6, 6.07) is 6.79. The molecule has 1 aliphatic heterocycles. The fourth-order valence-electron chi connectivity index (χ4n) is 3.27. The minimum Gasteiger partial charge on any atom is -0.476 e. The average Bonchev–Trinajstić information content (AvgIpc) is 3.23. The van der Waals surface area contributed by atoms with Crippen LogP contribution in [0.25, 0.3) is 10.9 Å². The van der Waals surface area contributed by atoms with E-state index in [1.54, 1.807) is 38.1 Å². The van der Waals surface area contributed by atoms with Crippen molar-refractivity contribution in [3.63, 3.8) is 0 Å². The molecule has 31 heavy (non-hydrogen) atoms.